The van der Waals surface area contributed by atoms with E-state index in [1.54, 1.807) is 38.4 Å². The Morgan fingerprint density at radius 2 is 1.81 bits per heavy atom. The zero-order chi connectivity index (χ0) is 19.2. The van der Waals surface area contributed by atoms with Gasteiger partial charge >= 0.3 is 0 Å². The molecule has 0 radical (unpaired) electrons. The van der Waals surface area contributed by atoms with E-state index in [4.69, 9.17) is 9.47 Å². The van der Waals surface area contributed by atoms with E-state index in [0.717, 1.165) is 16.6 Å². The van der Waals surface area contributed by atoms with Crippen LogP contribution >= 0.6 is 0 Å². The lowest BCUT2D eigenvalue weighted by Crippen LogP contribution is -2.24. The van der Waals surface area contributed by atoms with E-state index in [9.17, 15) is 4.79 Å². The number of carbonyl (C=O) groups is 1. The third-order valence-electron chi connectivity index (χ3n) is 4.11. The second-order valence-corrected chi connectivity index (χ2v) is 6.00. The number of hydrogen-bond donors (Lipinski definition) is 0. The van der Waals surface area contributed by atoms with Crippen LogP contribution in [0, 0.1) is 0 Å². The van der Waals surface area contributed by atoms with Crippen molar-refractivity contribution >= 4 is 23.0 Å². The Labute approximate surface area is 158 Å². The van der Waals surface area contributed by atoms with Gasteiger partial charge in [-0.1, -0.05) is 18.2 Å². The fourth-order valence-corrected chi connectivity index (χ4v) is 2.67. The maximum atomic E-state index is 12.4. The number of aromatic nitrogens is 2. The highest BCUT2D eigenvalue weighted by molar-refractivity contribution is 5.91. The highest BCUT2D eigenvalue weighted by Gasteiger charge is 2.09. The molecule has 0 atom stereocenters. The van der Waals surface area contributed by atoms with Crippen molar-refractivity contribution in [2.45, 2.75) is 6.54 Å². The molecule has 0 N–H and O–H groups in total. The van der Waals surface area contributed by atoms with Gasteiger partial charge in [0.2, 0.25) is 5.91 Å². The molecule has 0 aliphatic carbocycles. The number of rotatable bonds is 6. The number of ether oxygens (including phenoxy) is 2. The van der Waals surface area contributed by atoms with E-state index in [1.165, 1.54) is 6.08 Å². The highest BCUT2D eigenvalue weighted by Crippen LogP contribution is 2.27. The maximum Gasteiger partial charge on any atom is 0.246 e. The summed E-state index contributed by atoms with van der Waals surface area (Å²) in [6.07, 6.45) is 4.83. The van der Waals surface area contributed by atoms with Gasteiger partial charge in [-0.05, 0) is 35.9 Å². The van der Waals surface area contributed by atoms with Crippen LogP contribution in [0.25, 0.3) is 17.1 Å². The summed E-state index contributed by atoms with van der Waals surface area (Å²) in [5.74, 6) is 1.17. The van der Waals surface area contributed by atoms with Crippen molar-refractivity contribution in [3.63, 3.8) is 0 Å². The first-order chi connectivity index (χ1) is 13.1. The second kappa shape index (κ2) is 8.31. The molecule has 0 aliphatic rings. The van der Waals surface area contributed by atoms with Gasteiger partial charge in [0.15, 0.2) is 11.5 Å². The minimum atomic E-state index is -0.125. The Morgan fingerprint density at radius 1 is 1.07 bits per heavy atom. The van der Waals surface area contributed by atoms with Crippen LogP contribution in [0.4, 0.5) is 0 Å². The summed E-state index contributed by atoms with van der Waals surface area (Å²) in [6, 6.07) is 13.2. The van der Waals surface area contributed by atoms with Crippen molar-refractivity contribution in [3.05, 3.63) is 66.0 Å². The highest BCUT2D eigenvalue weighted by atomic mass is 16.5. The molecule has 0 spiro atoms. The number of amides is 1. The molecule has 0 saturated heterocycles. The van der Waals surface area contributed by atoms with E-state index in [-0.39, 0.29) is 5.91 Å². The van der Waals surface area contributed by atoms with Crippen LogP contribution < -0.4 is 9.47 Å². The Balaban J connectivity index is 1.68. The standard InChI is InChI=1S/C21H21N3O3/c1-24(14-15-8-10-19(26-2)20(12-15)27-3)21(25)11-9-16-13-22-17-6-4-5-7-18(17)23-16/h4-13H,14H2,1-3H3/b11-9+. The lowest BCUT2D eigenvalue weighted by Gasteiger charge is -2.16. The Morgan fingerprint density at radius 3 is 2.56 bits per heavy atom. The molecule has 3 rings (SSSR count). The smallest absolute Gasteiger partial charge is 0.246 e. The van der Waals surface area contributed by atoms with Crippen LogP contribution in [0.3, 0.4) is 0 Å². The van der Waals surface area contributed by atoms with Crippen LogP contribution in [-0.2, 0) is 11.3 Å². The molecule has 1 aromatic heterocycles. The Kier molecular flexibility index (Phi) is 5.66. The number of likely N-dealkylation sites (N-methyl/N-ethyl adjacent to an activating group) is 1. The maximum absolute atomic E-state index is 12.4. The molecule has 2 aromatic carbocycles. The molecule has 138 valence electrons. The van der Waals surface area contributed by atoms with Gasteiger partial charge in [0, 0.05) is 19.7 Å². The summed E-state index contributed by atoms with van der Waals surface area (Å²) in [4.78, 5) is 22.8. The molecule has 6 heteroatoms. The third-order valence-corrected chi connectivity index (χ3v) is 4.11. The number of carbonyl (C=O) groups excluding carboxylic acids is 1. The van der Waals surface area contributed by atoms with Gasteiger partial charge in [-0.2, -0.15) is 0 Å². The first-order valence-corrected chi connectivity index (χ1v) is 8.46. The molecule has 0 unspecified atom stereocenters. The molecule has 6 nitrogen and oxygen atoms in total. The number of fused-ring (bicyclic) bond motifs is 1. The topological polar surface area (TPSA) is 64.5 Å². The largest absolute Gasteiger partial charge is 0.493 e. The van der Waals surface area contributed by atoms with Crippen molar-refractivity contribution in [2.24, 2.45) is 0 Å². The van der Waals surface area contributed by atoms with Crippen LogP contribution in [0.1, 0.15) is 11.3 Å². The van der Waals surface area contributed by atoms with E-state index < -0.39 is 0 Å². The molecule has 0 bridgehead atoms. The molecule has 0 saturated carbocycles. The predicted octanol–water partition coefficient (Wildman–Crippen LogP) is 3.32. The van der Waals surface area contributed by atoms with Crippen molar-refractivity contribution in [1.29, 1.82) is 0 Å². The van der Waals surface area contributed by atoms with E-state index >= 15 is 0 Å². The average Bonchev–Trinajstić information content (AvgIpc) is 2.71. The number of para-hydroxylation sites is 2. The summed E-state index contributed by atoms with van der Waals surface area (Å²) in [6.45, 7) is 0.451. The van der Waals surface area contributed by atoms with Gasteiger partial charge in [-0.25, -0.2) is 4.98 Å². The SMILES string of the molecule is COc1ccc(CN(C)C(=O)/C=C/c2cnc3ccccc3n2)cc1OC. The van der Waals surface area contributed by atoms with Crippen LogP contribution in [-0.4, -0.2) is 42.0 Å². The van der Waals surface area contributed by atoms with Crippen LogP contribution in [0.2, 0.25) is 0 Å². The molecule has 1 heterocycles. The molecule has 1 amide bonds. The summed E-state index contributed by atoms with van der Waals surface area (Å²) < 4.78 is 10.5. The van der Waals surface area contributed by atoms with Gasteiger partial charge in [-0.3, -0.25) is 9.78 Å². The minimum absolute atomic E-state index is 0.125. The minimum Gasteiger partial charge on any atom is -0.493 e. The monoisotopic (exact) mass is 363 g/mol. The summed E-state index contributed by atoms with van der Waals surface area (Å²) in [7, 11) is 4.92. The van der Waals surface area contributed by atoms with Gasteiger partial charge in [0.25, 0.3) is 0 Å². The number of nitrogens with zero attached hydrogens (tertiary/aromatic N) is 3. The van der Waals surface area contributed by atoms with Crippen molar-refractivity contribution < 1.29 is 14.3 Å². The van der Waals surface area contributed by atoms with Gasteiger partial charge in [0.05, 0.1) is 37.1 Å². The molecule has 3 aromatic rings. The van der Waals surface area contributed by atoms with Crippen LogP contribution in [0.5, 0.6) is 11.5 Å². The molecule has 0 fully saturated rings. The fourth-order valence-electron chi connectivity index (χ4n) is 2.67. The first-order valence-electron chi connectivity index (χ1n) is 8.46. The Bertz CT molecular complexity index is 985. The van der Waals surface area contributed by atoms with Crippen molar-refractivity contribution in [2.75, 3.05) is 21.3 Å². The zero-order valence-electron chi connectivity index (χ0n) is 15.5. The van der Waals surface area contributed by atoms with Gasteiger partial charge in [0.1, 0.15) is 0 Å². The molecule has 27 heavy (non-hydrogen) atoms. The summed E-state index contributed by atoms with van der Waals surface area (Å²) >= 11 is 0. The van der Waals surface area contributed by atoms with Gasteiger partial charge < -0.3 is 14.4 Å². The number of hydrogen-bond acceptors (Lipinski definition) is 5. The Hall–Kier alpha value is -3.41. The first kappa shape index (κ1) is 18.4. The quantitative estimate of drug-likeness (QED) is 0.629. The molecular weight excluding hydrogens is 342 g/mol. The van der Waals surface area contributed by atoms with E-state index in [1.807, 2.05) is 42.5 Å². The molecular formula is C21H21N3O3. The van der Waals surface area contributed by atoms with Crippen LogP contribution in [0.15, 0.2) is 54.7 Å². The molecule has 0 aliphatic heterocycles. The number of benzene rings is 2. The summed E-state index contributed by atoms with van der Waals surface area (Å²) in [5, 5.41) is 0. The zero-order valence-corrected chi connectivity index (χ0v) is 15.5. The van der Waals surface area contributed by atoms with Crippen molar-refractivity contribution in [3.8, 4) is 11.5 Å². The normalized spacial score (nSPS) is 10.9. The third kappa shape index (κ3) is 4.41. The summed E-state index contributed by atoms with van der Waals surface area (Å²) in [5.41, 5.74) is 3.21. The van der Waals surface area contributed by atoms with Gasteiger partial charge in [-0.15, -0.1) is 0 Å². The van der Waals surface area contributed by atoms with E-state index in [0.29, 0.717) is 23.7 Å². The van der Waals surface area contributed by atoms with E-state index in [2.05, 4.69) is 9.97 Å². The second-order valence-electron chi connectivity index (χ2n) is 6.00. The van der Waals surface area contributed by atoms with Crippen molar-refractivity contribution in [1.82, 2.24) is 14.9 Å². The number of methoxy groups -OCH3 is 2. The predicted molar refractivity (Wildman–Crippen MR) is 105 cm³/mol. The average molecular weight is 363 g/mol. The fraction of sp³-hybridized carbons (Fsp3) is 0.190. The lowest BCUT2D eigenvalue weighted by molar-refractivity contribution is -0.125. The lowest BCUT2D eigenvalue weighted by atomic mass is 10.2.